The number of benzene rings is 1. The van der Waals surface area contributed by atoms with E-state index in [0.29, 0.717) is 23.3 Å². The number of rotatable bonds is 6. The number of fused-ring (bicyclic) bond motifs is 1. The SMILES string of the molecule is CCn1c(C(C)NS(=O)(=O)c2ccc(Cl)cc2)nc2cnc(C3CC3)cc21. The van der Waals surface area contributed by atoms with Crippen molar-refractivity contribution in [2.45, 2.75) is 50.1 Å². The lowest BCUT2D eigenvalue weighted by Gasteiger charge is -2.15. The summed E-state index contributed by atoms with van der Waals surface area (Å²) >= 11 is 5.85. The van der Waals surface area contributed by atoms with Crippen LogP contribution in [0.5, 0.6) is 0 Å². The van der Waals surface area contributed by atoms with Crippen molar-refractivity contribution < 1.29 is 8.42 Å². The largest absolute Gasteiger partial charge is 0.327 e. The molecule has 2 aromatic heterocycles. The fraction of sp³-hybridized carbons (Fsp3) is 0.368. The van der Waals surface area contributed by atoms with Crippen LogP contribution in [-0.2, 0) is 16.6 Å². The molecule has 142 valence electrons. The molecule has 0 spiro atoms. The van der Waals surface area contributed by atoms with Gasteiger partial charge in [0, 0.05) is 23.2 Å². The Balaban J connectivity index is 1.67. The van der Waals surface area contributed by atoms with Gasteiger partial charge >= 0.3 is 0 Å². The molecule has 1 saturated carbocycles. The smallest absolute Gasteiger partial charge is 0.241 e. The van der Waals surface area contributed by atoms with Gasteiger partial charge in [-0.05, 0) is 57.0 Å². The van der Waals surface area contributed by atoms with Gasteiger partial charge < -0.3 is 4.57 Å². The molecule has 3 aromatic rings. The Kier molecular flexibility index (Phi) is 4.70. The molecule has 0 bridgehead atoms. The highest BCUT2D eigenvalue weighted by molar-refractivity contribution is 7.89. The summed E-state index contributed by atoms with van der Waals surface area (Å²) in [5, 5.41) is 0.494. The van der Waals surface area contributed by atoms with Crippen molar-refractivity contribution in [3.63, 3.8) is 0 Å². The van der Waals surface area contributed by atoms with Crippen molar-refractivity contribution in [1.29, 1.82) is 0 Å². The molecule has 8 heteroatoms. The lowest BCUT2D eigenvalue weighted by molar-refractivity contribution is 0.549. The van der Waals surface area contributed by atoms with Crippen molar-refractivity contribution in [3.05, 3.63) is 53.1 Å². The number of pyridine rings is 1. The van der Waals surface area contributed by atoms with E-state index in [4.69, 9.17) is 11.6 Å². The highest BCUT2D eigenvalue weighted by Crippen LogP contribution is 2.39. The van der Waals surface area contributed by atoms with Gasteiger partial charge in [0.2, 0.25) is 10.0 Å². The minimum Gasteiger partial charge on any atom is -0.327 e. The molecular formula is C19H21ClN4O2S. The average molecular weight is 405 g/mol. The van der Waals surface area contributed by atoms with Crippen LogP contribution in [0, 0.1) is 0 Å². The van der Waals surface area contributed by atoms with Gasteiger partial charge in [0.05, 0.1) is 22.7 Å². The lowest BCUT2D eigenvalue weighted by atomic mass is 10.2. The third-order valence-electron chi connectivity index (χ3n) is 4.84. The van der Waals surface area contributed by atoms with Crippen LogP contribution in [0.25, 0.3) is 11.0 Å². The zero-order chi connectivity index (χ0) is 19.2. The fourth-order valence-corrected chi connectivity index (χ4v) is 4.62. The first-order valence-corrected chi connectivity index (χ1v) is 10.9. The predicted molar refractivity (Wildman–Crippen MR) is 105 cm³/mol. The number of sulfonamides is 1. The van der Waals surface area contributed by atoms with Gasteiger partial charge in [0.1, 0.15) is 11.3 Å². The summed E-state index contributed by atoms with van der Waals surface area (Å²) in [7, 11) is -3.68. The summed E-state index contributed by atoms with van der Waals surface area (Å²) < 4.78 is 30.2. The first kappa shape index (κ1) is 18.4. The summed E-state index contributed by atoms with van der Waals surface area (Å²) in [5.41, 5.74) is 2.88. The van der Waals surface area contributed by atoms with Crippen molar-refractivity contribution >= 4 is 32.7 Å². The minimum absolute atomic E-state index is 0.176. The predicted octanol–water partition coefficient (Wildman–Crippen LogP) is 4.02. The summed E-state index contributed by atoms with van der Waals surface area (Å²) in [6.45, 7) is 4.53. The Morgan fingerprint density at radius 2 is 2.00 bits per heavy atom. The number of nitrogens with zero attached hydrogens (tertiary/aromatic N) is 3. The van der Waals surface area contributed by atoms with E-state index < -0.39 is 16.1 Å². The first-order valence-electron chi connectivity index (χ1n) is 9.03. The molecule has 0 radical (unpaired) electrons. The number of nitrogens with one attached hydrogen (secondary N) is 1. The van der Waals surface area contributed by atoms with Gasteiger partial charge in [-0.3, -0.25) is 4.98 Å². The topological polar surface area (TPSA) is 76.9 Å². The second kappa shape index (κ2) is 6.89. The molecule has 1 aliphatic carbocycles. The number of hydrogen-bond donors (Lipinski definition) is 1. The molecule has 1 unspecified atom stereocenters. The molecule has 1 fully saturated rings. The standard InChI is InChI=1S/C19H21ClN4O2S/c1-3-24-18-10-16(13-4-5-13)21-11-17(18)22-19(24)12(2)23-27(25,26)15-8-6-14(20)7-9-15/h6-13,23H,3-5H2,1-2H3. The quantitative estimate of drug-likeness (QED) is 0.673. The zero-order valence-electron chi connectivity index (χ0n) is 15.2. The lowest BCUT2D eigenvalue weighted by Crippen LogP contribution is -2.28. The Hall–Kier alpha value is -1.96. The molecule has 1 atom stereocenters. The van der Waals surface area contributed by atoms with Gasteiger partial charge in [0.15, 0.2) is 0 Å². The van der Waals surface area contributed by atoms with E-state index >= 15 is 0 Å². The van der Waals surface area contributed by atoms with Crippen LogP contribution in [0.3, 0.4) is 0 Å². The molecule has 0 saturated heterocycles. The number of halogens is 1. The third-order valence-corrected chi connectivity index (χ3v) is 6.65. The zero-order valence-corrected chi connectivity index (χ0v) is 16.8. The highest BCUT2D eigenvalue weighted by atomic mass is 35.5. The molecular weight excluding hydrogens is 384 g/mol. The van der Waals surface area contributed by atoms with E-state index in [9.17, 15) is 8.42 Å². The van der Waals surface area contributed by atoms with Crippen LogP contribution >= 0.6 is 11.6 Å². The molecule has 1 aliphatic rings. The van der Waals surface area contributed by atoms with E-state index in [1.54, 1.807) is 25.3 Å². The maximum Gasteiger partial charge on any atom is 0.241 e. The minimum atomic E-state index is -3.68. The number of hydrogen-bond acceptors (Lipinski definition) is 4. The fourth-order valence-electron chi connectivity index (χ4n) is 3.30. The third kappa shape index (κ3) is 3.59. The second-order valence-electron chi connectivity index (χ2n) is 6.88. The second-order valence-corrected chi connectivity index (χ2v) is 9.03. The van der Waals surface area contributed by atoms with E-state index in [0.717, 1.165) is 16.7 Å². The molecule has 6 nitrogen and oxygen atoms in total. The van der Waals surface area contributed by atoms with Crippen LogP contribution in [0.15, 0.2) is 41.4 Å². The van der Waals surface area contributed by atoms with Gasteiger partial charge in [0.25, 0.3) is 0 Å². The molecule has 0 aliphatic heterocycles. The molecule has 27 heavy (non-hydrogen) atoms. The van der Waals surface area contributed by atoms with Gasteiger partial charge in [-0.25, -0.2) is 18.1 Å². The van der Waals surface area contributed by atoms with Gasteiger partial charge in [-0.1, -0.05) is 11.6 Å². The van der Waals surface area contributed by atoms with Crippen molar-refractivity contribution in [2.24, 2.45) is 0 Å². The number of imidazole rings is 1. The molecule has 4 rings (SSSR count). The Morgan fingerprint density at radius 3 is 2.63 bits per heavy atom. The number of aromatic nitrogens is 3. The monoisotopic (exact) mass is 404 g/mol. The average Bonchev–Trinajstić information content (AvgIpc) is 3.41. The highest BCUT2D eigenvalue weighted by Gasteiger charge is 2.27. The number of aryl methyl sites for hydroxylation is 1. The summed E-state index contributed by atoms with van der Waals surface area (Å²) in [6.07, 6.45) is 4.16. The van der Waals surface area contributed by atoms with Crippen LogP contribution in [0.4, 0.5) is 0 Å². The van der Waals surface area contributed by atoms with Crippen molar-refractivity contribution in [3.8, 4) is 0 Å². The van der Waals surface area contributed by atoms with Crippen LogP contribution in [0.2, 0.25) is 5.02 Å². The normalized spacial score (nSPS) is 16.0. The van der Waals surface area contributed by atoms with Gasteiger partial charge in [-0.2, -0.15) is 0 Å². The summed E-state index contributed by atoms with van der Waals surface area (Å²) in [4.78, 5) is 9.35. The molecule has 1 aromatic carbocycles. The van der Waals surface area contributed by atoms with Crippen LogP contribution < -0.4 is 4.72 Å². The Labute approximate surface area is 163 Å². The van der Waals surface area contributed by atoms with E-state index in [-0.39, 0.29) is 4.90 Å². The van der Waals surface area contributed by atoms with Crippen molar-refractivity contribution in [2.75, 3.05) is 0 Å². The Bertz CT molecular complexity index is 1090. The Morgan fingerprint density at radius 1 is 1.30 bits per heavy atom. The maximum atomic E-state index is 12.7. The van der Waals surface area contributed by atoms with E-state index in [1.165, 1.54) is 25.0 Å². The molecule has 0 amide bonds. The van der Waals surface area contributed by atoms with Crippen molar-refractivity contribution in [1.82, 2.24) is 19.3 Å². The van der Waals surface area contributed by atoms with Gasteiger partial charge in [-0.15, -0.1) is 0 Å². The molecule has 2 heterocycles. The van der Waals surface area contributed by atoms with Crippen LogP contribution in [-0.4, -0.2) is 23.0 Å². The van der Waals surface area contributed by atoms with E-state index in [2.05, 4.69) is 25.3 Å². The molecule has 1 N–H and O–H groups in total. The first-order chi connectivity index (χ1) is 12.9. The summed E-state index contributed by atoms with van der Waals surface area (Å²) in [6, 6.07) is 7.72. The van der Waals surface area contributed by atoms with Crippen LogP contribution in [0.1, 0.15) is 50.2 Å². The maximum absolute atomic E-state index is 12.7. The van der Waals surface area contributed by atoms with E-state index in [1.807, 2.05) is 6.92 Å². The summed E-state index contributed by atoms with van der Waals surface area (Å²) in [5.74, 6) is 1.23.